The van der Waals surface area contributed by atoms with Gasteiger partial charge in [-0.1, -0.05) is 12.1 Å². The minimum absolute atomic E-state index is 0.277. The van der Waals surface area contributed by atoms with Gasteiger partial charge in [0.05, 0.1) is 26.9 Å². The number of ether oxygens (including phenoxy) is 3. The Hall–Kier alpha value is -1.10. The molecule has 1 aromatic rings. The summed E-state index contributed by atoms with van der Waals surface area (Å²) in [5, 5.41) is 9.83. The van der Waals surface area contributed by atoms with Crippen LogP contribution < -0.4 is 4.74 Å². The van der Waals surface area contributed by atoms with Crippen molar-refractivity contribution in [2.24, 2.45) is 0 Å². The number of methoxy groups -OCH3 is 1. The first-order chi connectivity index (χ1) is 8.27. The fraction of sp³-hybridized carbons (Fsp3) is 0.538. The van der Waals surface area contributed by atoms with Gasteiger partial charge in [0.25, 0.3) is 0 Å². The molecule has 0 radical (unpaired) electrons. The number of benzene rings is 1. The molecule has 17 heavy (non-hydrogen) atoms. The molecular weight excluding hydrogens is 220 g/mol. The molecule has 0 aliphatic rings. The van der Waals surface area contributed by atoms with Gasteiger partial charge >= 0.3 is 0 Å². The Balaban J connectivity index is 2.28. The third kappa shape index (κ3) is 5.17. The van der Waals surface area contributed by atoms with Crippen molar-refractivity contribution in [2.45, 2.75) is 13.0 Å². The molecule has 1 N–H and O–H groups in total. The highest BCUT2D eigenvalue weighted by atomic mass is 16.5. The molecule has 0 spiro atoms. The first kappa shape index (κ1) is 14.0. The summed E-state index contributed by atoms with van der Waals surface area (Å²) in [5.74, 6) is 0.776. The normalized spacial score (nSPS) is 12.4. The number of aliphatic hydroxyl groups excluding tert-OH is 1. The third-order valence-corrected chi connectivity index (χ3v) is 2.35. The van der Waals surface area contributed by atoms with E-state index in [-0.39, 0.29) is 6.61 Å². The Bertz CT molecular complexity index is 297. The summed E-state index contributed by atoms with van der Waals surface area (Å²) in [6, 6.07) is 7.29. The van der Waals surface area contributed by atoms with Crippen molar-refractivity contribution in [2.75, 3.05) is 33.5 Å². The van der Waals surface area contributed by atoms with E-state index in [2.05, 4.69) is 0 Å². The van der Waals surface area contributed by atoms with Crippen LogP contribution in [0.15, 0.2) is 24.3 Å². The molecule has 1 rings (SSSR count). The first-order valence-electron chi connectivity index (χ1n) is 5.75. The van der Waals surface area contributed by atoms with E-state index in [1.807, 2.05) is 31.2 Å². The lowest BCUT2D eigenvalue weighted by Gasteiger charge is -2.12. The van der Waals surface area contributed by atoms with Gasteiger partial charge < -0.3 is 19.3 Å². The summed E-state index contributed by atoms with van der Waals surface area (Å²) >= 11 is 0. The molecule has 0 aliphatic carbocycles. The van der Waals surface area contributed by atoms with E-state index >= 15 is 0 Å². The van der Waals surface area contributed by atoms with Crippen LogP contribution in [0.5, 0.6) is 5.75 Å². The molecule has 0 aliphatic heterocycles. The van der Waals surface area contributed by atoms with Crippen LogP contribution in [0.25, 0.3) is 0 Å². The van der Waals surface area contributed by atoms with Gasteiger partial charge in [0.2, 0.25) is 0 Å². The van der Waals surface area contributed by atoms with Crippen molar-refractivity contribution in [3.63, 3.8) is 0 Å². The monoisotopic (exact) mass is 240 g/mol. The third-order valence-electron chi connectivity index (χ3n) is 2.35. The molecule has 0 aromatic heterocycles. The lowest BCUT2D eigenvalue weighted by molar-refractivity contribution is 0.00530. The Morgan fingerprint density at radius 2 is 1.76 bits per heavy atom. The van der Waals surface area contributed by atoms with E-state index in [4.69, 9.17) is 14.2 Å². The van der Waals surface area contributed by atoms with Crippen LogP contribution in [-0.2, 0) is 9.47 Å². The van der Waals surface area contributed by atoms with Crippen molar-refractivity contribution in [3.05, 3.63) is 29.8 Å². The minimum Gasteiger partial charge on any atom is -0.497 e. The number of aliphatic hydroxyl groups is 1. The predicted octanol–water partition coefficient (Wildman–Crippen LogP) is 1.78. The van der Waals surface area contributed by atoms with Crippen LogP contribution in [-0.4, -0.2) is 38.6 Å². The van der Waals surface area contributed by atoms with Crippen molar-refractivity contribution in [3.8, 4) is 5.75 Å². The summed E-state index contributed by atoms with van der Waals surface area (Å²) in [6.45, 7) is 3.96. The van der Waals surface area contributed by atoms with Crippen LogP contribution in [0, 0.1) is 0 Å². The maximum absolute atomic E-state index is 9.83. The first-order valence-corrected chi connectivity index (χ1v) is 5.75. The average molecular weight is 240 g/mol. The summed E-state index contributed by atoms with van der Waals surface area (Å²) in [4.78, 5) is 0. The molecule has 0 heterocycles. The van der Waals surface area contributed by atoms with Crippen molar-refractivity contribution in [1.82, 2.24) is 0 Å². The Kier molecular flexibility index (Phi) is 6.62. The zero-order valence-corrected chi connectivity index (χ0v) is 10.4. The molecule has 0 bridgehead atoms. The number of hydrogen-bond acceptors (Lipinski definition) is 4. The van der Waals surface area contributed by atoms with Gasteiger partial charge in [-0.15, -0.1) is 0 Å². The van der Waals surface area contributed by atoms with Crippen LogP contribution >= 0.6 is 0 Å². The highest BCUT2D eigenvalue weighted by Gasteiger charge is 2.07. The highest BCUT2D eigenvalue weighted by molar-refractivity contribution is 5.28. The van der Waals surface area contributed by atoms with Crippen LogP contribution in [0.4, 0.5) is 0 Å². The second-order valence-electron chi connectivity index (χ2n) is 3.56. The Labute approximate surface area is 102 Å². The zero-order valence-electron chi connectivity index (χ0n) is 10.4. The van der Waals surface area contributed by atoms with E-state index < -0.39 is 6.10 Å². The molecule has 0 saturated heterocycles. The molecule has 96 valence electrons. The summed E-state index contributed by atoms with van der Waals surface area (Å²) in [5.41, 5.74) is 0.821. The van der Waals surface area contributed by atoms with Crippen molar-refractivity contribution >= 4 is 0 Å². The predicted molar refractivity (Wildman–Crippen MR) is 65.3 cm³/mol. The highest BCUT2D eigenvalue weighted by Crippen LogP contribution is 2.17. The van der Waals surface area contributed by atoms with Crippen LogP contribution in [0.3, 0.4) is 0 Å². The Morgan fingerprint density at radius 3 is 2.35 bits per heavy atom. The second kappa shape index (κ2) is 8.06. The van der Waals surface area contributed by atoms with Gasteiger partial charge in [0.1, 0.15) is 11.9 Å². The minimum atomic E-state index is -0.609. The fourth-order valence-electron chi connectivity index (χ4n) is 1.38. The molecular formula is C13H20O4. The van der Waals surface area contributed by atoms with Gasteiger partial charge in [-0.25, -0.2) is 0 Å². The van der Waals surface area contributed by atoms with Crippen molar-refractivity contribution in [1.29, 1.82) is 0 Å². The molecule has 1 aromatic carbocycles. The van der Waals surface area contributed by atoms with E-state index in [9.17, 15) is 5.11 Å². The maximum Gasteiger partial charge on any atom is 0.118 e. The molecule has 4 heteroatoms. The SMILES string of the molecule is CCOCCOCC(O)c1ccc(OC)cc1. The molecule has 4 nitrogen and oxygen atoms in total. The molecule has 0 amide bonds. The number of rotatable bonds is 8. The van der Waals surface area contributed by atoms with Crippen molar-refractivity contribution < 1.29 is 19.3 Å². The van der Waals surface area contributed by atoms with Gasteiger partial charge in [0.15, 0.2) is 0 Å². The second-order valence-corrected chi connectivity index (χ2v) is 3.56. The molecule has 1 unspecified atom stereocenters. The van der Waals surface area contributed by atoms with Crippen LogP contribution in [0.2, 0.25) is 0 Å². The van der Waals surface area contributed by atoms with Gasteiger partial charge in [-0.3, -0.25) is 0 Å². The van der Waals surface area contributed by atoms with Crippen LogP contribution in [0.1, 0.15) is 18.6 Å². The van der Waals surface area contributed by atoms with Gasteiger partial charge in [-0.2, -0.15) is 0 Å². The molecule has 0 saturated carbocycles. The van der Waals surface area contributed by atoms with E-state index in [1.54, 1.807) is 7.11 Å². The molecule has 0 fully saturated rings. The standard InChI is InChI=1S/C13H20O4/c1-3-16-8-9-17-10-13(14)11-4-6-12(15-2)7-5-11/h4-7,13-14H,3,8-10H2,1-2H3. The lowest BCUT2D eigenvalue weighted by Crippen LogP contribution is -2.11. The number of hydrogen-bond donors (Lipinski definition) is 1. The van der Waals surface area contributed by atoms with E-state index in [1.165, 1.54) is 0 Å². The zero-order chi connectivity index (χ0) is 12.5. The lowest BCUT2D eigenvalue weighted by atomic mass is 10.1. The largest absolute Gasteiger partial charge is 0.497 e. The fourth-order valence-corrected chi connectivity index (χ4v) is 1.38. The van der Waals surface area contributed by atoms with Gasteiger partial charge in [0, 0.05) is 6.61 Å². The quantitative estimate of drug-likeness (QED) is 0.704. The van der Waals surface area contributed by atoms with E-state index in [0.717, 1.165) is 11.3 Å². The maximum atomic E-state index is 9.83. The summed E-state index contributed by atoms with van der Waals surface area (Å²) < 4.78 is 15.5. The summed E-state index contributed by atoms with van der Waals surface area (Å²) in [7, 11) is 1.61. The smallest absolute Gasteiger partial charge is 0.118 e. The van der Waals surface area contributed by atoms with Gasteiger partial charge in [-0.05, 0) is 24.6 Å². The Morgan fingerprint density at radius 1 is 1.12 bits per heavy atom. The summed E-state index contributed by atoms with van der Waals surface area (Å²) in [6.07, 6.45) is -0.609. The topological polar surface area (TPSA) is 47.9 Å². The van der Waals surface area contributed by atoms with E-state index in [0.29, 0.717) is 19.8 Å². The average Bonchev–Trinajstić information content (AvgIpc) is 2.38. The molecule has 1 atom stereocenters.